The molecule has 0 aliphatic heterocycles. The molecule has 3 aromatic rings. The number of halogens is 2. The standard InChI is InChI=1S/C26H29F2N5OS4/c1-24-6-7-25(2,13-24)22(28)18(10-24)33(3)20-12-30-23(32-31-20)15-5-4-14(8-19(15)34)16-9-21(29-11-17(16)27)38-26(35,36)37/h4-5,8-9,11-12,18,22,34-37H,6-7,10,13H2,1-3H3/t18-,22-,24-,25-/m0/s1. The fourth-order valence-corrected chi connectivity index (χ4v) is 7.41. The molecular weight excluding hydrogens is 565 g/mol. The molecular formula is C26H29F2N5OS4. The summed E-state index contributed by atoms with van der Waals surface area (Å²) in [6.07, 6.45) is 5.30. The van der Waals surface area contributed by atoms with Crippen molar-refractivity contribution in [1.82, 2.24) is 20.2 Å². The van der Waals surface area contributed by atoms with Crippen LogP contribution in [0, 0.1) is 16.6 Å². The maximum atomic E-state index is 15.6. The first-order valence-electron chi connectivity index (χ1n) is 12.2. The number of thioether (sulfide) groups is 1. The SMILES string of the molecule is CN(c1cnc(-c2ccc(-c3cc(SC(S)(S)S)ncc3F)cc2O)nn1)[C@H]1C[C@]2(C)CC[C@@](C)(C2)[C@H]1F. The van der Waals surface area contributed by atoms with Crippen molar-refractivity contribution in [2.45, 2.75) is 59.5 Å². The Hall–Kier alpha value is -1.76. The van der Waals surface area contributed by atoms with Gasteiger partial charge in [-0.25, -0.2) is 18.7 Å². The summed E-state index contributed by atoms with van der Waals surface area (Å²) in [6, 6.07) is 5.95. The molecule has 0 unspecified atom stereocenters. The van der Waals surface area contributed by atoms with Crippen LogP contribution in [-0.2, 0) is 0 Å². The number of aromatic nitrogens is 4. The van der Waals surface area contributed by atoms with E-state index in [9.17, 15) is 9.50 Å². The quantitative estimate of drug-likeness (QED) is 0.144. The van der Waals surface area contributed by atoms with Crippen LogP contribution < -0.4 is 4.90 Å². The molecule has 0 amide bonds. The highest BCUT2D eigenvalue weighted by atomic mass is 32.3. The van der Waals surface area contributed by atoms with Crippen LogP contribution in [0.15, 0.2) is 41.7 Å². The van der Waals surface area contributed by atoms with Crippen LogP contribution in [0.25, 0.3) is 22.5 Å². The number of benzene rings is 1. The van der Waals surface area contributed by atoms with Crippen LogP contribution in [0.2, 0.25) is 0 Å². The van der Waals surface area contributed by atoms with E-state index in [0.29, 0.717) is 22.0 Å². The first kappa shape index (κ1) is 27.8. The normalized spacial score (nSPS) is 26.9. The molecule has 0 radical (unpaired) electrons. The smallest absolute Gasteiger partial charge is 0.185 e. The van der Waals surface area contributed by atoms with E-state index in [-0.39, 0.29) is 34.0 Å². The number of alkyl halides is 1. The Bertz CT molecular complexity index is 1360. The third-order valence-corrected chi connectivity index (χ3v) is 9.39. The van der Waals surface area contributed by atoms with E-state index in [0.717, 1.165) is 43.6 Å². The minimum absolute atomic E-state index is 0.128. The fourth-order valence-electron chi connectivity index (χ4n) is 6.00. The van der Waals surface area contributed by atoms with Crippen molar-refractivity contribution < 1.29 is 13.9 Å². The molecule has 2 fully saturated rings. The third kappa shape index (κ3) is 5.46. The molecule has 5 rings (SSSR count). The Morgan fingerprint density at radius 1 is 1.08 bits per heavy atom. The molecule has 1 aromatic carbocycles. The number of anilines is 1. The number of pyridine rings is 1. The second kappa shape index (κ2) is 10.0. The molecule has 2 bridgehead atoms. The van der Waals surface area contributed by atoms with Gasteiger partial charge in [0, 0.05) is 18.0 Å². The number of nitrogens with zero attached hydrogens (tertiary/aromatic N) is 5. The van der Waals surface area contributed by atoms with Gasteiger partial charge in [0.2, 0.25) is 0 Å². The molecule has 6 nitrogen and oxygen atoms in total. The van der Waals surface area contributed by atoms with Crippen molar-refractivity contribution in [3.05, 3.63) is 42.5 Å². The van der Waals surface area contributed by atoms with Crippen LogP contribution in [0.5, 0.6) is 5.75 Å². The summed E-state index contributed by atoms with van der Waals surface area (Å²) in [6.45, 7) is 4.30. The van der Waals surface area contributed by atoms with Crippen molar-refractivity contribution >= 4 is 55.5 Å². The summed E-state index contributed by atoms with van der Waals surface area (Å²) in [5.74, 6) is 0.0156. The number of phenols is 1. The van der Waals surface area contributed by atoms with Gasteiger partial charge >= 0.3 is 0 Å². The summed E-state index contributed by atoms with van der Waals surface area (Å²) >= 11 is 13.8. The van der Waals surface area contributed by atoms with Crippen LogP contribution >= 0.6 is 49.6 Å². The van der Waals surface area contributed by atoms with E-state index < -0.39 is 14.7 Å². The molecule has 202 valence electrons. The van der Waals surface area contributed by atoms with Crippen LogP contribution in [0.4, 0.5) is 14.6 Å². The van der Waals surface area contributed by atoms with Gasteiger partial charge in [-0.3, -0.25) is 0 Å². The molecule has 12 heteroatoms. The van der Waals surface area contributed by atoms with Gasteiger partial charge in [-0.1, -0.05) is 31.7 Å². The average Bonchev–Trinajstić information content (AvgIpc) is 3.13. The Balaban J connectivity index is 1.37. The molecule has 1 N–H and O–H groups in total. The van der Waals surface area contributed by atoms with Gasteiger partial charge in [-0.2, -0.15) is 0 Å². The lowest BCUT2D eigenvalue weighted by Crippen LogP contribution is -2.52. The van der Waals surface area contributed by atoms with Crippen LogP contribution in [0.1, 0.15) is 39.5 Å². The van der Waals surface area contributed by atoms with E-state index in [4.69, 9.17) is 0 Å². The van der Waals surface area contributed by atoms with Crippen LogP contribution in [0.3, 0.4) is 0 Å². The van der Waals surface area contributed by atoms with Gasteiger partial charge in [-0.15, -0.1) is 48.1 Å². The number of aromatic hydroxyl groups is 1. The Morgan fingerprint density at radius 2 is 1.84 bits per heavy atom. The maximum Gasteiger partial charge on any atom is 0.185 e. The van der Waals surface area contributed by atoms with Crippen molar-refractivity contribution in [3.63, 3.8) is 0 Å². The third-order valence-electron chi connectivity index (χ3n) is 7.87. The van der Waals surface area contributed by atoms with Crippen molar-refractivity contribution in [2.75, 3.05) is 11.9 Å². The second-order valence-electron chi connectivity index (χ2n) is 11.0. The Morgan fingerprint density at radius 3 is 2.50 bits per heavy atom. The number of fused-ring (bicyclic) bond motifs is 2. The van der Waals surface area contributed by atoms with Crippen molar-refractivity contribution in [2.24, 2.45) is 10.8 Å². The Kier molecular flexibility index (Phi) is 7.32. The average molecular weight is 594 g/mol. The number of rotatable bonds is 6. The zero-order valence-corrected chi connectivity index (χ0v) is 24.6. The zero-order chi connectivity index (χ0) is 27.5. The summed E-state index contributed by atoms with van der Waals surface area (Å²) in [4.78, 5) is 10.3. The molecule has 4 atom stereocenters. The summed E-state index contributed by atoms with van der Waals surface area (Å²) in [5, 5.41) is 19.7. The van der Waals surface area contributed by atoms with E-state index in [2.05, 4.69) is 65.0 Å². The fraction of sp³-hybridized carbons (Fsp3) is 0.462. The molecule has 2 aliphatic rings. The first-order chi connectivity index (χ1) is 17.8. The molecule has 2 aromatic heterocycles. The molecule has 0 spiro atoms. The van der Waals surface area contributed by atoms with Gasteiger partial charge in [0.1, 0.15) is 17.7 Å². The lowest BCUT2D eigenvalue weighted by molar-refractivity contribution is 0.0380. The summed E-state index contributed by atoms with van der Waals surface area (Å²) in [7, 11) is 1.83. The van der Waals surface area contributed by atoms with E-state index >= 15 is 4.39 Å². The predicted octanol–water partition coefficient (Wildman–Crippen LogP) is 6.68. The highest BCUT2D eigenvalue weighted by molar-refractivity contribution is 8.36. The van der Waals surface area contributed by atoms with Gasteiger partial charge < -0.3 is 10.0 Å². The lowest BCUT2D eigenvalue weighted by Gasteiger charge is -2.46. The minimum Gasteiger partial charge on any atom is -0.507 e. The second-order valence-corrected chi connectivity index (χ2v) is 16.2. The predicted molar refractivity (Wildman–Crippen MR) is 157 cm³/mol. The number of hydrogen-bond acceptors (Lipinski definition) is 10. The zero-order valence-electron chi connectivity index (χ0n) is 21.1. The largest absolute Gasteiger partial charge is 0.507 e. The number of hydrogen-bond donors (Lipinski definition) is 4. The van der Waals surface area contributed by atoms with Gasteiger partial charge in [0.25, 0.3) is 0 Å². The van der Waals surface area contributed by atoms with Crippen LogP contribution in [-0.4, -0.2) is 47.3 Å². The number of thiol groups is 3. The van der Waals surface area contributed by atoms with Crippen molar-refractivity contribution in [3.8, 4) is 28.3 Å². The minimum atomic E-state index is -0.990. The molecule has 2 saturated carbocycles. The highest BCUT2D eigenvalue weighted by Gasteiger charge is 2.56. The van der Waals surface area contributed by atoms with E-state index in [1.165, 1.54) is 6.07 Å². The van der Waals surface area contributed by atoms with E-state index in [1.54, 1.807) is 24.4 Å². The summed E-state index contributed by atoms with van der Waals surface area (Å²) < 4.78 is 29.1. The topological polar surface area (TPSA) is 75.0 Å². The lowest BCUT2D eigenvalue weighted by atomic mass is 9.67. The van der Waals surface area contributed by atoms with Crippen molar-refractivity contribution in [1.29, 1.82) is 0 Å². The molecule has 38 heavy (non-hydrogen) atoms. The van der Waals surface area contributed by atoms with Gasteiger partial charge in [0.15, 0.2) is 14.4 Å². The monoisotopic (exact) mass is 593 g/mol. The first-order valence-corrected chi connectivity index (χ1v) is 14.3. The van der Waals surface area contributed by atoms with E-state index in [1.807, 2.05) is 18.9 Å². The molecule has 2 heterocycles. The molecule has 2 aliphatic carbocycles. The Labute approximate surface area is 241 Å². The highest BCUT2D eigenvalue weighted by Crippen LogP contribution is 2.59. The van der Waals surface area contributed by atoms with Gasteiger partial charge in [0.05, 0.1) is 29.0 Å². The molecule has 0 saturated heterocycles. The summed E-state index contributed by atoms with van der Waals surface area (Å²) in [5.41, 5.74) is 0.864. The number of phenolic OH excluding ortho intramolecular Hbond substituents is 1. The maximum absolute atomic E-state index is 15.6. The van der Waals surface area contributed by atoms with Gasteiger partial charge in [-0.05, 0) is 54.9 Å².